The highest BCUT2D eigenvalue weighted by molar-refractivity contribution is 14.1. The molecule has 4 aromatic rings. The minimum Gasteiger partial charge on any atom is -0.429 e. The molecule has 0 bridgehead atoms. The summed E-state index contributed by atoms with van der Waals surface area (Å²) in [6.07, 6.45) is -4.14. The van der Waals surface area contributed by atoms with Gasteiger partial charge in [0.05, 0.1) is 15.5 Å². The Balaban J connectivity index is 0.00000167. The van der Waals surface area contributed by atoms with Gasteiger partial charge >= 0.3 is 6.11 Å². The number of aromatic nitrogens is 3. The number of nitrogens with zero attached hydrogens (tertiary/aromatic N) is 3. The van der Waals surface area contributed by atoms with Crippen LogP contribution in [0.5, 0.6) is 5.75 Å². The Morgan fingerprint density at radius 2 is 1.80 bits per heavy atom. The summed E-state index contributed by atoms with van der Waals surface area (Å²) in [6.45, 7) is 1.89. The van der Waals surface area contributed by atoms with Crippen LogP contribution in [0.4, 0.5) is 17.6 Å². The highest BCUT2D eigenvalue weighted by Gasteiger charge is 2.42. The molecule has 0 amide bonds. The molecule has 2 aromatic carbocycles. The molecule has 0 aliphatic heterocycles. The number of benzene rings is 2. The number of hydrogen-bond donors (Lipinski definition) is 0. The molecule has 0 N–H and O–H groups in total. The molecule has 0 radical (unpaired) electrons. The van der Waals surface area contributed by atoms with Crippen LogP contribution in [0.15, 0.2) is 48.5 Å². The zero-order valence-electron chi connectivity index (χ0n) is 18.5. The third kappa shape index (κ3) is 6.10. The van der Waals surface area contributed by atoms with Crippen molar-refractivity contribution in [1.29, 1.82) is 0 Å². The molecule has 0 spiro atoms. The van der Waals surface area contributed by atoms with E-state index >= 15 is 0 Å². The normalized spacial score (nSPS) is 12.2. The Labute approximate surface area is 227 Å². The van der Waals surface area contributed by atoms with Gasteiger partial charge in [-0.05, 0) is 65.4 Å². The second-order valence-corrected chi connectivity index (χ2v) is 8.93. The van der Waals surface area contributed by atoms with Gasteiger partial charge in [-0.15, -0.1) is 11.3 Å². The first-order valence-corrected chi connectivity index (χ1v) is 13.6. The molecular formula is C23H18Cl2F4IN3OS. The maximum atomic E-state index is 14.3. The number of halogens is 7. The fourth-order valence-corrected chi connectivity index (χ4v) is 4.63. The molecule has 186 valence electrons. The topological polar surface area (TPSA) is 39.9 Å². The van der Waals surface area contributed by atoms with E-state index in [9.17, 15) is 17.6 Å². The van der Waals surface area contributed by atoms with Gasteiger partial charge < -0.3 is 4.74 Å². The van der Waals surface area contributed by atoms with Crippen LogP contribution in [0.2, 0.25) is 5.02 Å². The monoisotopic (exact) mass is 657 g/mol. The summed E-state index contributed by atoms with van der Waals surface area (Å²) in [5, 5.41) is 4.53. The van der Waals surface area contributed by atoms with Gasteiger partial charge in [0, 0.05) is 11.9 Å². The summed E-state index contributed by atoms with van der Waals surface area (Å²) in [6, 6.07) is 12.0. The van der Waals surface area contributed by atoms with Crippen LogP contribution in [0, 0.1) is 12.7 Å². The molecule has 0 saturated heterocycles. The van der Waals surface area contributed by atoms with Crippen molar-refractivity contribution in [2.45, 2.75) is 18.7 Å². The van der Waals surface area contributed by atoms with E-state index < -0.39 is 17.6 Å². The van der Waals surface area contributed by atoms with Gasteiger partial charge in [0.2, 0.25) is 0 Å². The predicted octanol–water partition coefficient (Wildman–Crippen LogP) is 8.54. The van der Waals surface area contributed by atoms with Crippen LogP contribution in [0.3, 0.4) is 0 Å². The highest BCUT2D eigenvalue weighted by Crippen LogP contribution is 2.39. The van der Waals surface area contributed by atoms with E-state index in [0.717, 1.165) is 20.9 Å². The molecular weight excluding hydrogens is 640 g/mol. The molecule has 0 aliphatic rings. The van der Waals surface area contributed by atoms with Crippen molar-refractivity contribution in [3.8, 4) is 38.3 Å². The van der Waals surface area contributed by atoms with E-state index in [0.29, 0.717) is 5.82 Å². The smallest absolute Gasteiger partial charge is 0.429 e. The largest absolute Gasteiger partial charge is 0.444 e. The van der Waals surface area contributed by atoms with Gasteiger partial charge in [0.15, 0.2) is 11.6 Å². The van der Waals surface area contributed by atoms with Gasteiger partial charge in [0.1, 0.15) is 11.6 Å². The van der Waals surface area contributed by atoms with E-state index in [4.69, 9.17) is 23.2 Å². The Morgan fingerprint density at radius 3 is 2.40 bits per heavy atom. The Morgan fingerprint density at radius 1 is 1.14 bits per heavy atom. The summed E-state index contributed by atoms with van der Waals surface area (Å²) in [5.41, 5.74) is -1.22. The number of thiophene rings is 1. The number of ether oxygens (including phenoxy) is 1. The second kappa shape index (κ2) is 11.4. The standard InChI is InChI=1S/C22H15Cl2F4N3OS.CH3I/c1-11-10-16(12-6-8-13(9-7-12)32-22(27,28)21(24)26)33-18(11)20-29-19(30-31(20)2)17-14(23)4-3-5-15(17)25;1-2/h3-10,21H,1-2H3;1H3. The van der Waals surface area contributed by atoms with Gasteiger partial charge in [0.25, 0.3) is 5.63 Å². The molecule has 35 heavy (non-hydrogen) atoms. The lowest BCUT2D eigenvalue weighted by molar-refractivity contribution is -0.199. The van der Waals surface area contributed by atoms with Gasteiger partial charge in [-0.1, -0.05) is 51.9 Å². The Kier molecular flexibility index (Phi) is 9.06. The summed E-state index contributed by atoms with van der Waals surface area (Å²) in [5.74, 6) is -0.0590. The number of alkyl halides is 5. The molecule has 1 unspecified atom stereocenters. The fourth-order valence-electron chi connectivity index (χ4n) is 3.13. The molecule has 4 rings (SSSR count). The summed E-state index contributed by atoms with van der Waals surface area (Å²) in [7, 11) is 1.70. The van der Waals surface area contributed by atoms with Crippen molar-refractivity contribution in [2.75, 3.05) is 4.93 Å². The van der Waals surface area contributed by atoms with E-state index in [-0.39, 0.29) is 22.2 Å². The first-order valence-electron chi connectivity index (χ1n) is 9.86. The first-order chi connectivity index (χ1) is 16.6. The van der Waals surface area contributed by atoms with E-state index in [1.807, 2.05) is 17.9 Å². The molecule has 0 aliphatic carbocycles. The molecule has 2 aromatic heterocycles. The number of aryl methyl sites for hydroxylation is 2. The third-order valence-electron chi connectivity index (χ3n) is 4.72. The van der Waals surface area contributed by atoms with Crippen LogP contribution >= 0.6 is 57.1 Å². The van der Waals surface area contributed by atoms with E-state index in [2.05, 4.69) is 37.4 Å². The zero-order valence-corrected chi connectivity index (χ0v) is 23.0. The lowest BCUT2D eigenvalue weighted by atomic mass is 10.1. The van der Waals surface area contributed by atoms with Gasteiger partial charge in [-0.25, -0.2) is 18.4 Å². The SMILES string of the molecule is CI.Cc1cc(-c2ccc(OC(F)(F)C(F)Cl)cc2)sc1-c1nc(-c2c(F)cccc2Cl)nn1C. The second-order valence-electron chi connectivity index (χ2n) is 7.09. The van der Waals surface area contributed by atoms with Crippen LogP contribution in [-0.4, -0.2) is 31.4 Å². The van der Waals surface area contributed by atoms with Crippen molar-refractivity contribution in [3.63, 3.8) is 0 Å². The molecule has 0 fully saturated rings. The van der Waals surface area contributed by atoms with Gasteiger partial charge in [-0.3, -0.25) is 0 Å². The quantitative estimate of drug-likeness (QED) is 0.119. The van der Waals surface area contributed by atoms with Gasteiger partial charge in [-0.2, -0.15) is 13.9 Å². The van der Waals surface area contributed by atoms with Crippen LogP contribution in [0.1, 0.15) is 5.56 Å². The molecule has 4 nitrogen and oxygen atoms in total. The lowest BCUT2D eigenvalue weighted by Crippen LogP contribution is -2.32. The Hall–Kier alpha value is -1.89. The van der Waals surface area contributed by atoms with Crippen LogP contribution in [0.25, 0.3) is 32.5 Å². The first kappa shape index (κ1) is 27.7. The summed E-state index contributed by atoms with van der Waals surface area (Å²) < 4.78 is 59.6. The van der Waals surface area contributed by atoms with Crippen molar-refractivity contribution in [3.05, 3.63) is 64.9 Å². The third-order valence-corrected chi connectivity index (χ3v) is 6.57. The molecule has 0 saturated carbocycles. The minimum absolute atomic E-state index is 0.121. The average Bonchev–Trinajstić information content (AvgIpc) is 3.37. The predicted molar refractivity (Wildman–Crippen MR) is 141 cm³/mol. The minimum atomic E-state index is -4.14. The molecule has 2 heterocycles. The zero-order chi connectivity index (χ0) is 25.9. The number of rotatable bonds is 6. The van der Waals surface area contributed by atoms with Crippen molar-refractivity contribution in [2.24, 2.45) is 7.05 Å². The fraction of sp³-hybridized carbons (Fsp3) is 0.217. The maximum absolute atomic E-state index is 14.3. The molecule has 12 heteroatoms. The van der Waals surface area contributed by atoms with Crippen LogP contribution in [-0.2, 0) is 7.05 Å². The average molecular weight is 658 g/mol. The van der Waals surface area contributed by atoms with Crippen LogP contribution < -0.4 is 4.74 Å². The van der Waals surface area contributed by atoms with E-state index in [1.165, 1.54) is 35.6 Å². The van der Waals surface area contributed by atoms with Crippen molar-refractivity contribution < 1.29 is 22.3 Å². The van der Waals surface area contributed by atoms with Crippen molar-refractivity contribution in [1.82, 2.24) is 14.8 Å². The molecule has 1 atom stereocenters. The Bertz CT molecular complexity index is 1290. The maximum Gasteiger partial charge on any atom is 0.444 e. The van der Waals surface area contributed by atoms with Crippen molar-refractivity contribution >= 4 is 57.1 Å². The van der Waals surface area contributed by atoms with E-state index in [1.54, 1.807) is 29.9 Å². The highest BCUT2D eigenvalue weighted by atomic mass is 127. The summed E-state index contributed by atoms with van der Waals surface area (Å²) >= 11 is 14.5. The summed E-state index contributed by atoms with van der Waals surface area (Å²) in [4.78, 5) is 8.09. The number of hydrogen-bond acceptors (Lipinski definition) is 4. The lowest BCUT2D eigenvalue weighted by Gasteiger charge is -2.17.